The number of halogens is 2. The maximum absolute atomic E-state index is 5.98. The molecular weight excluding hydrogens is 350 g/mol. The van der Waals surface area contributed by atoms with E-state index in [2.05, 4.69) is 26.8 Å². The fourth-order valence-corrected chi connectivity index (χ4v) is 2.38. The van der Waals surface area contributed by atoms with Crippen LogP contribution in [0.5, 0.6) is 5.75 Å². The summed E-state index contributed by atoms with van der Waals surface area (Å²) < 4.78 is 6.23. The fraction of sp³-hybridized carbons (Fsp3) is 0.118. The number of aryl methyl sites for hydroxylation is 1. The van der Waals surface area contributed by atoms with Gasteiger partial charge in [0.05, 0.1) is 10.2 Å². The molecule has 0 bridgehead atoms. The smallest absolute Gasteiger partial charge is 0.148 e. The first-order valence-electron chi connectivity index (χ1n) is 6.26. The van der Waals surface area contributed by atoms with Crippen molar-refractivity contribution in [1.29, 1.82) is 0 Å². The second-order valence-corrected chi connectivity index (χ2v) is 5.66. The summed E-state index contributed by atoms with van der Waals surface area (Å²) in [5, 5.41) is 0.673. The molecule has 0 spiro atoms. The SMILES string of the molecule is C#CCOc1ccc(C=Nc2cc(Cl)ccc2C)cc1Br. The second kappa shape index (κ2) is 7.31. The Labute approximate surface area is 137 Å². The van der Waals surface area contributed by atoms with Gasteiger partial charge in [0, 0.05) is 11.2 Å². The quantitative estimate of drug-likeness (QED) is 0.543. The van der Waals surface area contributed by atoms with Gasteiger partial charge < -0.3 is 4.74 Å². The Balaban J connectivity index is 2.20. The van der Waals surface area contributed by atoms with Crippen LogP contribution < -0.4 is 4.74 Å². The van der Waals surface area contributed by atoms with Gasteiger partial charge in [0.1, 0.15) is 12.4 Å². The van der Waals surface area contributed by atoms with E-state index in [-0.39, 0.29) is 6.61 Å². The molecule has 0 amide bonds. The minimum atomic E-state index is 0.244. The number of ether oxygens (including phenoxy) is 1. The van der Waals surface area contributed by atoms with Crippen LogP contribution in [0.4, 0.5) is 5.69 Å². The summed E-state index contributed by atoms with van der Waals surface area (Å²) in [6.07, 6.45) is 6.96. The van der Waals surface area contributed by atoms with Gasteiger partial charge >= 0.3 is 0 Å². The Morgan fingerprint density at radius 1 is 1.33 bits per heavy atom. The molecule has 4 heteroatoms. The molecule has 0 aliphatic heterocycles. The fourth-order valence-electron chi connectivity index (χ4n) is 1.70. The van der Waals surface area contributed by atoms with E-state index in [0.717, 1.165) is 21.3 Å². The lowest BCUT2D eigenvalue weighted by molar-refractivity contribution is 0.368. The normalized spacial score (nSPS) is 10.6. The number of terminal acetylenes is 1. The van der Waals surface area contributed by atoms with Gasteiger partial charge in [-0.15, -0.1) is 6.42 Å². The van der Waals surface area contributed by atoms with Crippen LogP contribution in [0, 0.1) is 19.3 Å². The van der Waals surface area contributed by atoms with Crippen LogP contribution in [0.1, 0.15) is 11.1 Å². The van der Waals surface area contributed by atoms with E-state index in [1.54, 1.807) is 6.21 Å². The molecule has 0 N–H and O–H groups in total. The van der Waals surface area contributed by atoms with Gasteiger partial charge in [-0.25, -0.2) is 0 Å². The van der Waals surface area contributed by atoms with E-state index in [1.807, 2.05) is 43.3 Å². The monoisotopic (exact) mass is 361 g/mol. The molecule has 2 aromatic rings. The molecule has 0 radical (unpaired) electrons. The van der Waals surface area contributed by atoms with Crippen LogP contribution >= 0.6 is 27.5 Å². The van der Waals surface area contributed by atoms with Crippen LogP contribution in [-0.4, -0.2) is 12.8 Å². The number of rotatable bonds is 4. The highest BCUT2D eigenvalue weighted by Gasteiger charge is 2.02. The molecule has 0 fully saturated rings. The van der Waals surface area contributed by atoms with Crippen molar-refractivity contribution in [1.82, 2.24) is 0 Å². The van der Waals surface area contributed by atoms with Gasteiger partial charge in [0.15, 0.2) is 0 Å². The molecule has 0 saturated carbocycles. The summed E-state index contributed by atoms with van der Waals surface area (Å²) in [4.78, 5) is 4.47. The maximum Gasteiger partial charge on any atom is 0.148 e. The highest BCUT2D eigenvalue weighted by molar-refractivity contribution is 9.10. The third kappa shape index (κ3) is 4.35. The van der Waals surface area contributed by atoms with Crippen LogP contribution in [0.15, 0.2) is 45.9 Å². The topological polar surface area (TPSA) is 21.6 Å². The molecule has 0 unspecified atom stereocenters. The Morgan fingerprint density at radius 2 is 2.14 bits per heavy atom. The first kappa shape index (κ1) is 15.6. The molecule has 2 rings (SSSR count). The zero-order valence-electron chi connectivity index (χ0n) is 11.4. The van der Waals surface area contributed by atoms with Gasteiger partial charge in [0.25, 0.3) is 0 Å². The number of benzene rings is 2. The van der Waals surface area contributed by atoms with Crippen molar-refractivity contribution in [2.75, 3.05) is 6.61 Å². The summed E-state index contributed by atoms with van der Waals surface area (Å²) >= 11 is 9.43. The van der Waals surface area contributed by atoms with E-state index < -0.39 is 0 Å². The molecule has 0 aromatic heterocycles. The van der Waals surface area contributed by atoms with Crippen molar-refractivity contribution in [2.24, 2.45) is 4.99 Å². The number of hydrogen-bond acceptors (Lipinski definition) is 2. The molecule has 21 heavy (non-hydrogen) atoms. The highest BCUT2D eigenvalue weighted by atomic mass is 79.9. The molecule has 0 aliphatic carbocycles. The van der Waals surface area contributed by atoms with Crippen molar-refractivity contribution < 1.29 is 4.74 Å². The summed E-state index contributed by atoms with van der Waals surface area (Å²) in [6.45, 7) is 2.24. The van der Waals surface area contributed by atoms with Gasteiger partial charge in [0.2, 0.25) is 0 Å². The Morgan fingerprint density at radius 3 is 2.86 bits per heavy atom. The lowest BCUT2D eigenvalue weighted by atomic mass is 10.2. The first-order valence-corrected chi connectivity index (χ1v) is 7.43. The van der Waals surface area contributed by atoms with E-state index in [0.29, 0.717) is 10.8 Å². The van der Waals surface area contributed by atoms with E-state index >= 15 is 0 Å². The predicted molar refractivity (Wildman–Crippen MR) is 91.9 cm³/mol. The van der Waals surface area contributed by atoms with E-state index in [4.69, 9.17) is 22.8 Å². The van der Waals surface area contributed by atoms with Gasteiger partial charge in [-0.1, -0.05) is 23.6 Å². The first-order chi connectivity index (χ1) is 10.1. The molecule has 2 nitrogen and oxygen atoms in total. The molecule has 0 saturated heterocycles. The summed E-state index contributed by atoms with van der Waals surface area (Å²) in [5.74, 6) is 3.15. The molecule has 106 valence electrons. The summed E-state index contributed by atoms with van der Waals surface area (Å²) in [5.41, 5.74) is 2.88. The van der Waals surface area contributed by atoms with E-state index in [1.165, 1.54) is 0 Å². The summed E-state index contributed by atoms with van der Waals surface area (Å²) in [6, 6.07) is 11.3. The van der Waals surface area contributed by atoms with Crippen LogP contribution in [0.25, 0.3) is 0 Å². The minimum Gasteiger partial charge on any atom is -0.480 e. The zero-order valence-corrected chi connectivity index (χ0v) is 13.8. The number of hydrogen-bond donors (Lipinski definition) is 0. The maximum atomic E-state index is 5.98. The molecule has 0 heterocycles. The Kier molecular flexibility index (Phi) is 5.44. The zero-order chi connectivity index (χ0) is 15.2. The summed E-state index contributed by atoms with van der Waals surface area (Å²) in [7, 11) is 0. The third-order valence-corrected chi connectivity index (χ3v) is 3.65. The number of aliphatic imine (C=N–C) groups is 1. The van der Waals surface area contributed by atoms with Crippen LogP contribution in [-0.2, 0) is 0 Å². The largest absolute Gasteiger partial charge is 0.480 e. The Hall–Kier alpha value is -1.76. The third-order valence-electron chi connectivity index (χ3n) is 2.79. The second-order valence-electron chi connectivity index (χ2n) is 4.37. The Bertz CT molecular complexity index is 719. The van der Waals surface area contributed by atoms with E-state index in [9.17, 15) is 0 Å². The van der Waals surface area contributed by atoms with Gasteiger partial charge in [-0.2, -0.15) is 0 Å². The van der Waals surface area contributed by atoms with Gasteiger partial charge in [-0.3, -0.25) is 4.99 Å². The van der Waals surface area contributed by atoms with Crippen molar-refractivity contribution in [3.05, 3.63) is 57.0 Å². The van der Waals surface area contributed by atoms with Crippen LogP contribution in [0.3, 0.4) is 0 Å². The van der Waals surface area contributed by atoms with Crippen molar-refractivity contribution >= 4 is 39.4 Å². The number of nitrogens with zero attached hydrogens (tertiary/aromatic N) is 1. The standard InChI is InChI=1S/C17H13BrClNO/c1-3-8-21-17-7-5-13(9-15(17)18)11-20-16-10-14(19)6-4-12(16)2/h1,4-7,9-11H,8H2,2H3. The molecular formula is C17H13BrClNO. The lowest BCUT2D eigenvalue weighted by Crippen LogP contribution is -1.94. The minimum absolute atomic E-state index is 0.244. The molecule has 2 aromatic carbocycles. The average Bonchev–Trinajstić information content (AvgIpc) is 2.47. The molecule has 0 atom stereocenters. The van der Waals surface area contributed by atoms with Gasteiger partial charge in [-0.05, 0) is 64.3 Å². The van der Waals surface area contributed by atoms with Crippen molar-refractivity contribution in [3.63, 3.8) is 0 Å². The van der Waals surface area contributed by atoms with Crippen molar-refractivity contribution in [3.8, 4) is 18.1 Å². The highest BCUT2D eigenvalue weighted by Crippen LogP contribution is 2.26. The molecule has 0 aliphatic rings. The lowest BCUT2D eigenvalue weighted by Gasteiger charge is -2.05. The predicted octanol–water partition coefficient (Wildman–Crippen LogP) is 5.17. The van der Waals surface area contributed by atoms with Crippen molar-refractivity contribution in [2.45, 2.75) is 6.92 Å². The van der Waals surface area contributed by atoms with Crippen LogP contribution in [0.2, 0.25) is 5.02 Å². The average molecular weight is 363 g/mol.